The Kier molecular flexibility index (Phi) is 6.48. The highest BCUT2D eigenvalue weighted by molar-refractivity contribution is 6.12. The summed E-state index contributed by atoms with van der Waals surface area (Å²) in [6, 6.07) is 0. The first-order valence-electron chi connectivity index (χ1n) is 11.7. The van der Waals surface area contributed by atoms with E-state index in [-0.39, 0.29) is 23.6 Å². The van der Waals surface area contributed by atoms with E-state index in [4.69, 9.17) is 23.7 Å². The number of carbonyl (C=O) groups is 2. The molecule has 2 aromatic heterocycles. The molecule has 0 aromatic carbocycles. The number of amides is 2. The number of fused-ring (bicyclic) bond motifs is 2. The van der Waals surface area contributed by atoms with Crippen molar-refractivity contribution in [3.63, 3.8) is 0 Å². The molecule has 4 atom stereocenters. The predicted molar refractivity (Wildman–Crippen MR) is 125 cm³/mol. The summed E-state index contributed by atoms with van der Waals surface area (Å²) in [6.07, 6.45) is -1.73. The number of anilines is 1. The van der Waals surface area contributed by atoms with Crippen LogP contribution in [0.2, 0.25) is 0 Å². The molecule has 2 aromatic rings. The number of hydrogen-bond acceptors (Lipinski definition) is 11. The van der Waals surface area contributed by atoms with Gasteiger partial charge in [-0.2, -0.15) is 4.90 Å². The summed E-state index contributed by atoms with van der Waals surface area (Å²) < 4.78 is 30.5. The number of ether oxygens (including phenoxy) is 5. The van der Waals surface area contributed by atoms with E-state index in [2.05, 4.69) is 15.0 Å². The van der Waals surface area contributed by atoms with Crippen LogP contribution in [-0.2, 0) is 23.7 Å². The van der Waals surface area contributed by atoms with Crippen LogP contribution in [-0.4, -0.2) is 78.7 Å². The van der Waals surface area contributed by atoms with Gasteiger partial charge in [-0.25, -0.2) is 24.5 Å². The molecule has 0 bridgehead atoms. The maximum absolute atomic E-state index is 13.1. The molecule has 2 amide bonds. The number of aliphatic hydroxyl groups is 1. The lowest BCUT2D eigenvalue weighted by molar-refractivity contribution is -0.199. The van der Waals surface area contributed by atoms with E-state index in [1.165, 1.54) is 12.7 Å². The van der Waals surface area contributed by atoms with Crippen LogP contribution in [0.1, 0.15) is 61.6 Å². The third kappa shape index (κ3) is 5.14. The van der Waals surface area contributed by atoms with Crippen LogP contribution in [0.4, 0.5) is 15.4 Å². The fourth-order valence-electron chi connectivity index (χ4n) is 4.08. The number of carbonyl (C=O) groups excluding carboxylic acids is 2. The SMILES string of the molecule is CC(C)(C)OC(=O)N(C(=O)OC(C)(C)C)c1ncnc2c1ncn2[C@@H]1O[C@H](CO)[C@@H]2OC(C)(C)O[C@@H]21. The molecule has 2 aliphatic heterocycles. The van der Waals surface area contributed by atoms with Gasteiger partial charge in [0, 0.05) is 0 Å². The lowest BCUT2D eigenvalue weighted by Gasteiger charge is -2.28. The Labute approximate surface area is 208 Å². The molecule has 13 heteroatoms. The largest absolute Gasteiger partial charge is 0.443 e. The number of aromatic nitrogens is 4. The van der Waals surface area contributed by atoms with Crippen molar-refractivity contribution in [1.29, 1.82) is 0 Å². The van der Waals surface area contributed by atoms with Gasteiger partial charge in [-0.05, 0) is 55.4 Å². The number of imidazole rings is 1. The van der Waals surface area contributed by atoms with Crippen LogP contribution in [0.3, 0.4) is 0 Å². The van der Waals surface area contributed by atoms with Gasteiger partial charge < -0.3 is 28.8 Å². The van der Waals surface area contributed by atoms with E-state index in [1.54, 1.807) is 60.0 Å². The molecule has 0 unspecified atom stereocenters. The third-order valence-electron chi connectivity index (χ3n) is 5.28. The van der Waals surface area contributed by atoms with Crippen LogP contribution in [0.15, 0.2) is 12.7 Å². The van der Waals surface area contributed by atoms with E-state index in [0.717, 1.165) is 0 Å². The highest BCUT2D eigenvalue weighted by Gasteiger charge is 2.56. The van der Waals surface area contributed by atoms with Gasteiger partial charge in [0.15, 0.2) is 29.0 Å². The Morgan fingerprint density at radius 1 is 1.03 bits per heavy atom. The van der Waals surface area contributed by atoms with Gasteiger partial charge in [-0.3, -0.25) is 4.57 Å². The molecular weight excluding hydrogens is 474 g/mol. The van der Waals surface area contributed by atoms with Crippen molar-refractivity contribution in [3.05, 3.63) is 12.7 Å². The predicted octanol–water partition coefficient (Wildman–Crippen LogP) is 2.91. The summed E-state index contributed by atoms with van der Waals surface area (Å²) in [4.78, 5) is 39.8. The van der Waals surface area contributed by atoms with Crippen molar-refractivity contribution in [2.24, 2.45) is 0 Å². The maximum Gasteiger partial charge on any atom is 0.425 e. The van der Waals surface area contributed by atoms with Gasteiger partial charge >= 0.3 is 12.2 Å². The zero-order valence-corrected chi connectivity index (χ0v) is 21.7. The van der Waals surface area contributed by atoms with E-state index < -0.39 is 53.7 Å². The minimum Gasteiger partial charge on any atom is -0.443 e. The molecule has 0 aliphatic carbocycles. The third-order valence-corrected chi connectivity index (χ3v) is 5.28. The van der Waals surface area contributed by atoms with Gasteiger partial charge in [0.25, 0.3) is 0 Å². The molecule has 36 heavy (non-hydrogen) atoms. The van der Waals surface area contributed by atoms with Crippen LogP contribution in [0.5, 0.6) is 0 Å². The van der Waals surface area contributed by atoms with Crippen molar-refractivity contribution in [1.82, 2.24) is 19.5 Å². The standard InChI is InChI=1S/C23H33N5O8/c1-21(2,3)35-19(30)28(20(31)36-22(4,5)6)17-13-16(24-10-25-17)27(11-26-13)18-15-14(12(9-29)32-18)33-23(7,8)34-15/h10-12,14-15,18,29H,9H2,1-8H3/t12-,14+,15+,18-/m1/s1. The highest BCUT2D eigenvalue weighted by atomic mass is 16.8. The normalized spacial score (nSPS) is 25.6. The van der Waals surface area contributed by atoms with Crippen LogP contribution in [0.25, 0.3) is 11.2 Å². The first-order chi connectivity index (χ1) is 16.6. The van der Waals surface area contributed by atoms with E-state index in [1.807, 2.05) is 0 Å². The minimum absolute atomic E-state index is 0.112. The average molecular weight is 508 g/mol. The Hall–Kier alpha value is -2.87. The summed E-state index contributed by atoms with van der Waals surface area (Å²) in [7, 11) is 0. The highest BCUT2D eigenvalue weighted by Crippen LogP contribution is 2.43. The lowest BCUT2D eigenvalue weighted by atomic mass is 10.1. The number of imide groups is 1. The molecule has 198 valence electrons. The van der Waals surface area contributed by atoms with Crippen LogP contribution in [0, 0.1) is 0 Å². The Balaban J connectivity index is 1.76. The van der Waals surface area contributed by atoms with Gasteiger partial charge in [0.2, 0.25) is 0 Å². The molecule has 0 radical (unpaired) electrons. The summed E-state index contributed by atoms with van der Waals surface area (Å²) in [5, 5.41) is 9.82. The van der Waals surface area contributed by atoms with E-state index in [0.29, 0.717) is 4.90 Å². The fraction of sp³-hybridized carbons (Fsp3) is 0.696. The molecule has 2 saturated heterocycles. The lowest BCUT2D eigenvalue weighted by Crippen LogP contribution is -2.44. The minimum atomic E-state index is -0.974. The number of aliphatic hydroxyl groups excluding tert-OH is 1. The summed E-state index contributed by atoms with van der Waals surface area (Å²) in [6.45, 7) is 13.4. The Morgan fingerprint density at radius 2 is 1.61 bits per heavy atom. The second-order valence-corrected chi connectivity index (χ2v) is 11.1. The average Bonchev–Trinajstić information content (AvgIpc) is 3.36. The molecule has 0 spiro atoms. The zero-order chi connectivity index (χ0) is 26.6. The summed E-state index contributed by atoms with van der Waals surface area (Å²) in [5.41, 5.74) is -1.36. The van der Waals surface area contributed by atoms with E-state index in [9.17, 15) is 14.7 Å². The second-order valence-electron chi connectivity index (χ2n) is 11.1. The molecule has 2 fully saturated rings. The van der Waals surface area contributed by atoms with Crippen molar-refractivity contribution < 1.29 is 38.4 Å². The summed E-state index contributed by atoms with van der Waals surface area (Å²) in [5.74, 6) is -0.981. The first kappa shape index (κ1) is 26.2. The fourth-order valence-corrected chi connectivity index (χ4v) is 4.08. The quantitative estimate of drug-likeness (QED) is 0.654. The second kappa shape index (κ2) is 8.91. The molecule has 0 saturated carbocycles. The van der Waals surface area contributed by atoms with Crippen LogP contribution >= 0.6 is 0 Å². The molecule has 2 aliphatic rings. The Morgan fingerprint density at radius 3 is 2.17 bits per heavy atom. The van der Waals surface area contributed by atoms with Crippen LogP contribution < -0.4 is 4.90 Å². The molecular formula is C23H33N5O8. The monoisotopic (exact) mass is 507 g/mol. The van der Waals surface area contributed by atoms with E-state index >= 15 is 0 Å². The summed E-state index contributed by atoms with van der Waals surface area (Å²) >= 11 is 0. The topological polar surface area (TPSA) is 147 Å². The number of nitrogens with zero attached hydrogens (tertiary/aromatic N) is 5. The van der Waals surface area contributed by atoms with Gasteiger partial charge in [0.05, 0.1) is 12.9 Å². The number of rotatable bonds is 3. The van der Waals surface area contributed by atoms with Crippen molar-refractivity contribution in [3.8, 4) is 0 Å². The van der Waals surface area contributed by atoms with Crippen molar-refractivity contribution >= 4 is 29.2 Å². The zero-order valence-electron chi connectivity index (χ0n) is 21.7. The Bertz CT molecular complexity index is 1120. The smallest absolute Gasteiger partial charge is 0.425 e. The van der Waals surface area contributed by atoms with Gasteiger partial charge in [-0.1, -0.05) is 0 Å². The maximum atomic E-state index is 13.1. The van der Waals surface area contributed by atoms with Crippen molar-refractivity contribution in [2.45, 2.75) is 96.9 Å². The first-order valence-corrected chi connectivity index (χ1v) is 11.7. The molecule has 13 nitrogen and oxygen atoms in total. The molecule has 4 rings (SSSR count). The number of hydrogen-bond donors (Lipinski definition) is 1. The molecule has 4 heterocycles. The molecule has 1 N–H and O–H groups in total. The van der Waals surface area contributed by atoms with Crippen molar-refractivity contribution in [2.75, 3.05) is 11.5 Å². The van der Waals surface area contributed by atoms with Gasteiger partial charge in [-0.15, -0.1) is 0 Å². The van der Waals surface area contributed by atoms with Gasteiger partial charge in [0.1, 0.15) is 35.8 Å².